The van der Waals surface area contributed by atoms with E-state index in [1.807, 2.05) is 18.2 Å². The van der Waals surface area contributed by atoms with Gasteiger partial charge in [0.25, 0.3) is 0 Å². The van der Waals surface area contributed by atoms with E-state index >= 15 is 0 Å². The predicted octanol–water partition coefficient (Wildman–Crippen LogP) is 6.70. The van der Waals surface area contributed by atoms with E-state index in [4.69, 9.17) is 0 Å². The zero-order valence-corrected chi connectivity index (χ0v) is 15.2. The molecule has 0 heteroatoms. The Morgan fingerprint density at radius 2 is 1.11 bits per heavy atom. The molecule has 5 rings (SSSR count). The average molecular weight is 344 g/mol. The van der Waals surface area contributed by atoms with Crippen molar-refractivity contribution in [3.8, 4) is 11.1 Å². The second-order valence-corrected chi connectivity index (χ2v) is 7.01. The molecule has 0 unspecified atom stereocenters. The van der Waals surface area contributed by atoms with Crippen LogP contribution in [-0.2, 0) is 5.41 Å². The first-order valence-electron chi connectivity index (χ1n) is 9.29. The summed E-state index contributed by atoms with van der Waals surface area (Å²) >= 11 is 0. The summed E-state index contributed by atoms with van der Waals surface area (Å²) in [6.07, 6.45) is 8.09. The van der Waals surface area contributed by atoms with Crippen LogP contribution in [0.15, 0.2) is 116 Å². The molecule has 128 valence electrons. The summed E-state index contributed by atoms with van der Waals surface area (Å²) in [5, 5.41) is 0. The van der Waals surface area contributed by atoms with Crippen molar-refractivity contribution in [3.05, 3.63) is 138 Å². The Kier molecular flexibility index (Phi) is 3.42. The summed E-state index contributed by atoms with van der Waals surface area (Å²) in [6.45, 7) is 8.04. The standard InChI is InChI=1S/C27H20/c1-3-5-15-23-19(4-2)20-12-6-9-16-24(20)27(23)25-17-10-7-13-21(25)22-14-8-11-18-26(22)27/h3-18H,1-2H2/b15-5-. The summed E-state index contributed by atoms with van der Waals surface area (Å²) in [7, 11) is 0. The first-order valence-corrected chi connectivity index (χ1v) is 9.29. The van der Waals surface area contributed by atoms with Crippen LogP contribution >= 0.6 is 0 Å². The Morgan fingerprint density at radius 3 is 1.63 bits per heavy atom. The number of rotatable bonds is 3. The van der Waals surface area contributed by atoms with Crippen molar-refractivity contribution in [3.63, 3.8) is 0 Å². The van der Waals surface area contributed by atoms with Crippen molar-refractivity contribution in [1.29, 1.82) is 0 Å². The van der Waals surface area contributed by atoms with Crippen LogP contribution < -0.4 is 0 Å². The maximum atomic E-state index is 4.15. The largest absolute Gasteiger partial charge is 0.0991 e. The fourth-order valence-corrected chi connectivity index (χ4v) is 4.95. The van der Waals surface area contributed by atoms with Gasteiger partial charge in [0.2, 0.25) is 0 Å². The number of allylic oxidation sites excluding steroid dienone is 6. The van der Waals surface area contributed by atoms with Gasteiger partial charge in [0.1, 0.15) is 0 Å². The molecule has 0 radical (unpaired) electrons. The minimum absolute atomic E-state index is 0.299. The van der Waals surface area contributed by atoms with Gasteiger partial charge in [0.15, 0.2) is 0 Å². The van der Waals surface area contributed by atoms with Crippen LogP contribution in [0.3, 0.4) is 0 Å². The molecule has 0 aromatic heterocycles. The second kappa shape index (κ2) is 5.82. The minimum Gasteiger partial charge on any atom is -0.0991 e. The van der Waals surface area contributed by atoms with Crippen LogP contribution in [-0.4, -0.2) is 0 Å². The Balaban J connectivity index is 2.01. The van der Waals surface area contributed by atoms with Gasteiger partial charge in [-0.15, -0.1) is 0 Å². The van der Waals surface area contributed by atoms with Gasteiger partial charge >= 0.3 is 0 Å². The average Bonchev–Trinajstić information content (AvgIpc) is 3.18. The molecular formula is C27H20. The van der Waals surface area contributed by atoms with Gasteiger partial charge in [0, 0.05) is 0 Å². The van der Waals surface area contributed by atoms with Crippen LogP contribution in [0, 0.1) is 0 Å². The molecule has 0 amide bonds. The van der Waals surface area contributed by atoms with Crippen LogP contribution in [0.5, 0.6) is 0 Å². The monoisotopic (exact) mass is 344 g/mol. The molecule has 0 saturated heterocycles. The van der Waals surface area contributed by atoms with Gasteiger partial charge in [-0.25, -0.2) is 0 Å². The molecule has 0 fully saturated rings. The van der Waals surface area contributed by atoms with Crippen LogP contribution in [0.25, 0.3) is 16.7 Å². The molecule has 2 aliphatic rings. The van der Waals surface area contributed by atoms with E-state index in [0.717, 1.165) is 0 Å². The first-order chi connectivity index (χ1) is 13.3. The molecule has 0 heterocycles. The van der Waals surface area contributed by atoms with E-state index < -0.39 is 0 Å². The van der Waals surface area contributed by atoms with E-state index in [2.05, 4.69) is 92.0 Å². The maximum absolute atomic E-state index is 4.15. The van der Waals surface area contributed by atoms with Gasteiger partial charge in [-0.3, -0.25) is 0 Å². The Labute approximate surface area is 160 Å². The third-order valence-electron chi connectivity index (χ3n) is 5.87. The van der Waals surface area contributed by atoms with Crippen LogP contribution in [0.4, 0.5) is 0 Å². The molecule has 0 atom stereocenters. The quantitative estimate of drug-likeness (QED) is 0.464. The lowest BCUT2D eigenvalue weighted by molar-refractivity contribution is 0.786. The third kappa shape index (κ3) is 1.88. The Morgan fingerprint density at radius 1 is 0.630 bits per heavy atom. The zero-order valence-electron chi connectivity index (χ0n) is 15.2. The molecule has 1 spiro atoms. The van der Waals surface area contributed by atoms with Gasteiger partial charge in [-0.05, 0) is 44.5 Å². The van der Waals surface area contributed by atoms with Gasteiger partial charge in [-0.2, -0.15) is 0 Å². The maximum Gasteiger partial charge on any atom is 0.0725 e. The van der Waals surface area contributed by atoms with Crippen molar-refractivity contribution >= 4 is 5.57 Å². The van der Waals surface area contributed by atoms with E-state index in [1.165, 1.54) is 44.5 Å². The highest BCUT2D eigenvalue weighted by molar-refractivity contribution is 5.97. The lowest BCUT2D eigenvalue weighted by Crippen LogP contribution is -2.26. The van der Waals surface area contributed by atoms with Crippen molar-refractivity contribution in [1.82, 2.24) is 0 Å². The zero-order chi connectivity index (χ0) is 18.4. The number of fused-ring (bicyclic) bond motifs is 7. The van der Waals surface area contributed by atoms with Crippen molar-refractivity contribution in [2.24, 2.45) is 0 Å². The van der Waals surface area contributed by atoms with Crippen molar-refractivity contribution in [2.45, 2.75) is 5.41 Å². The van der Waals surface area contributed by atoms with Gasteiger partial charge in [-0.1, -0.05) is 110 Å². The highest BCUT2D eigenvalue weighted by Crippen LogP contribution is 2.61. The summed E-state index contributed by atoms with van der Waals surface area (Å²) in [5.74, 6) is 0. The molecule has 0 nitrogen and oxygen atoms in total. The topological polar surface area (TPSA) is 0 Å². The number of benzene rings is 3. The third-order valence-corrected chi connectivity index (χ3v) is 5.87. The van der Waals surface area contributed by atoms with Crippen molar-refractivity contribution in [2.75, 3.05) is 0 Å². The highest BCUT2D eigenvalue weighted by Gasteiger charge is 2.51. The first kappa shape index (κ1) is 15.8. The Hall–Kier alpha value is -3.38. The van der Waals surface area contributed by atoms with Crippen LogP contribution in [0.1, 0.15) is 22.3 Å². The molecule has 3 aromatic rings. The van der Waals surface area contributed by atoms with E-state index in [0.29, 0.717) is 0 Å². The number of hydrogen-bond acceptors (Lipinski definition) is 0. The molecule has 0 N–H and O–H groups in total. The van der Waals surface area contributed by atoms with E-state index in [-0.39, 0.29) is 5.41 Å². The van der Waals surface area contributed by atoms with Crippen molar-refractivity contribution < 1.29 is 0 Å². The molecule has 27 heavy (non-hydrogen) atoms. The lowest BCUT2D eigenvalue weighted by Gasteiger charge is -2.31. The molecule has 0 aliphatic heterocycles. The van der Waals surface area contributed by atoms with Gasteiger partial charge < -0.3 is 0 Å². The molecule has 0 saturated carbocycles. The summed E-state index contributed by atoms with van der Waals surface area (Å²) in [4.78, 5) is 0. The van der Waals surface area contributed by atoms with Crippen LogP contribution in [0.2, 0.25) is 0 Å². The Bertz CT molecular complexity index is 1110. The normalized spacial score (nSPS) is 15.7. The smallest absolute Gasteiger partial charge is 0.0725 e. The molecular weight excluding hydrogens is 324 g/mol. The molecule has 3 aromatic carbocycles. The predicted molar refractivity (Wildman–Crippen MR) is 115 cm³/mol. The van der Waals surface area contributed by atoms with E-state index in [9.17, 15) is 0 Å². The highest BCUT2D eigenvalue weighted by atomic mass is 14.5. The second-order valence-electron chi connectivity index (χ2n) is 7.01. The SMILES string of the molecule is C=C/C=C\C1=C(C=C)c2ccccc2C12c1ccccc1-c1ccccc12. The molecule has 2 aliphatic carbocycles. The minimum atomic E-state index is -0.299. The molecule has 0 bridgehead atoms. The fourth-order valence-electron chi connectivity index (χ4n) is 4.95. The van der Waals surface area contributed by atoms with E-state index in [1.54, 1.807) is 0 Å². The summed E-state index contributed by atoms with van der Waals surface area (Å²) in [6, 6.07) is 26.3. The number of hydrogen-bond donors (Lipinski definition) is 0. The summed E-state index contributed by atoms with van der Waals surface area (Å²) in [5.41, 5.74) is 10.1. The fraction of sp³-hybridized carbons (Fsp3) is 0.0370. The summed E-state index contributed by atoms with van der Waals surface area (Å²) < 4.78 is 0. The lowest BCUT2D eigenvalue weighted by atomic mass is 9.69. The van der Waals surface area contributed by atoms with Gasteiger partial charge in [0.05, 0.1) is 5.41 Å².